The Labute approximate surface area is 382 Å². The van der Waals surface area contributed by atoms with E-state index in [0.29, 0.717) is 0 Å². The second-order valence-corrected chi connectivity index (χ2v) is 12.1. The number of allylic oxidation sites excluding steroid dienone is 4. The summed E-state index contributed by atoms with van der Waals surface area (Å²) in [7, 11) is -4.88. The third kappa shape index (κ3) is 15.2. The van der Waals surface area contributed by atoms with Crippen LogP contribution in [0.2, 0.25) is 0 Å². The number of rotatable bonds is 15. The Kier molecular flexibility index (Phi) is 23.3. The summed E-state index contributed by atoms with van der Waals surface area (Å²) in [4.78, 5) is 59.5. The van der Waals surface area contributed by atoms with Crippen LogP contribution < -0.4 is 139 Å². The molecule has 250 valence electrons. The van der Waals surface area contributed by atoms with Crippen LogP contribution in [-0.2, 0) is 40.6 Å². The minimum atomic E-state index is -4.88. The molecule has 20 heteroatoms. The number of carbonyl (C=O) groups excluding carboxylic acids is 5. The normalized spacial score (nSPS) is 13.4. The molecule has 0 atom stereocenters. The van der Waals surface area contributed by atoms with Gasteiger partial charge in [0.25, 0.3) is 10.1 Å². The molecule has 0 saturated carbocycles. The monoisotopic (exact) mass is 760 g/mol. The minimum Gasteiger partial charge on any atom is -0.549 e. The molecule has 3 rings (SSSR count). The van der Waals surface area contributed by atoms with E-state index in [1.165, 1.54) is 56.3 Å². The van der Waals surface area contributed by atoms with Gasteiger partial charge in [-0.3, -0.25) is 19.1 Å². The van der Waals surface area contributed by atoms with Crippen molar-refractivity contribution in [2.75, 3.05) is 32.7 Å². The Morgan fingerprint density at radius 2 is 1.22 bits per heavy atom. The second-order valence-electron chi connectivity index (χ2n) is 10.7. The van der Waals surface area contributed by atoms with Crippen LogP contribution in [0.1, 0.15) is 29.2 Å². The quantitative estimate of drug-likeness (QED) is 0.126. The van der Waals surface area contributed by atoms with E-state index in [9.17, 15) is 62.5 Å². The van der Waals surface area contributed by atoms with Crippen LogP contribution in [0.3, 0.4) is 0 Å². The summed E-state index contributed by atoms with van der Waals surface area (Å²) in [5.74, 6) is -7.40. The molecule has 0 saturated heterocycles. The van der Waals surface area contributed by atoms with E-state index in [0.717, 1.165) is 15.9 Å². The van der Waals surface area contributed by atoms with Crippen molar-refractivity contribution in [1.82, 2.24) is 9.80 Å². The zero-order valence-corrected chi connectivity index (χ0v) is 37.9. The van der Waals surface area contributed by atoms with Gasteiger partial charge in [0.05, 0.1) is 23.9 Å². The topological polar surface area (TPSA) is 259 Å². The van der Waals surface area contributed by atoms with Crippen molar-refractivity contribution in [3.05, 3.63) is 87.5 Å². The SMILES string of the molecule is CC1=C/C(=C(/c2cc(C)c(O)c(CN(CC(=O)[O-])CC(=O)[O-])c2)c2ccccc2S(=O)(=O)O)C=C(CN(CC(=O)[O-])CC(=O)[O-])C1=O.[Na+].[Na+].[Na+].[Na+]. The first kappa shape index (κ1) is 51.9. The first-order valence-corrected chi connectivity index (χ1v) is 15.1. The summed E-state index contributed by atoms with van der Waals surface area (Å²) in [5.41, 5.74) is 0.483. The van der Waals surface area contributed by atoms with E-state index in [1.54, 1.807) is 0 Å². The number of Topliss-reactive ketones (excluding diaryl/α,β-unsaturated/α-hetero) is 1. The number of ketones is 1. The standard InChI is InChI=1S/C31H32N2O13S.4Na/c1-17-7-19(9-21(30(17)42)11-32(13-25(34)35)14-26(36)37)29(23-5-3-4-6-24(23)47(44,45)46)20-8-18(2)31(43)22(10-20)12-33(15-27(38)39)16-28(40)41;;;;/h3-10,42H,11-16H2,1-2H3,(H,34,35)(H,36,37)(H,38,39)(H,40,41)(H,44,45,46);;;;/q;4*+1/p-4/b29-20+;;;;. The molecule has 0 aromatic heterocycles. The summed E-state index contributed by atoms with van der Waals surface area (Å²) >= 11 is 0. The number of aromatic hydroxyl groups is 1. The van der Waals surface area contributed by atoms with Crippen molar-refractivity contribution in [2.45, 2.75) is 25.3 Å². The number of carboxylic acid groups (broad SMARTS) is 4. The maximum absolute atomic E-state index is 13.2. The van der Waals surface area contributed by atoms with Gasteiger partial charge < -0.3 is 44.7 Å². The molecule has 0 radical (unpaired) electrons. The van der Waals surface area contributed by atoms with Crippen molar-refractivity contribution in [3.63, 3.8) is 0 Å². The van der Waals surface area contributed by atoms with Gasteiger partial charge >= 0.3 is 118 Å². The van der Waals surface area contributed by atoms with Crippen LogP contribution in [0, 0.1) is 6.92 Å². The zero-order valence-electron chi connectivity index (χ0n) is 29.0. The first-order chi connectivity index (χ1) is 21.9. The largest absolute Gasteiger partial charge is 1.00 e. The number of benzene rings is 2. The van der Waals surface area contributed by atoms with Gasteiger partial charge in [0.2, 0.25) is 0 Å². The van der Waals surface area contributed by atoms with Crippen molar-refractivity contribution in [2.24, 2.45) is 0 Å². The Morgan fingerprint density at radius 1 is 0.745 bits per heavy atom. The van der Waals surface area contributed by atoms with Gasteiger partial charge in [0, 0.05) is 56.0 Å². The van der Waals surface area contributed by atoms with Crippen LogP contribution >= 0.6 is 0 Å². The zero-order chi connectivity index (χ0) is 35.2. The molecule has 15 nitrogen and oxygen atoms in total. The number of aryl methyl sites for hydroxylation is 1. The van der Waals surface area contributed by atoms with E-state index in [4.69, 9.17) is 0 Å². The number of hydrogen-bond acceptors (Lipinski definition) is 14. The van der Waals surface area contributed by atoms with Gasteiger partial charge in [-0.1, -0.05) is 18.2 Å². The van der Waals surface area contributed by atoms with Crippen LogP contribution in [0.25, 0.3) is 5.57 Å². The number of aliphatic carboxylic acids is 4. The van der Waals surface area contributed by atoms with Gasteiger partial charge in [0.1, 0.15) is 10.6 Å². The van der Waals surface area contributed by atoms with Gasteiger partial charge in [-0.25, -0.2) is 0 Å². The smallest absolute Gasteiger partial charge is 0.549 e. The third-order valence-electron chi connectivity index (χ3n) is 6.94. The molecule has 0 unspecified atom stereocenters. The molecule has 0 bridgehead atoms. The third-order valence-corrected chi connectivity index (χ3v) is 7.85. The maximum Gasteiger partial charge on any atom is 1.00 e. The van der Waals surface area contributed by atoms with Crippen LogP contribution in [-0.4, -0.2) is 90.3 Å². The summed E-state index contributed by atoms with van der Waals surface area (Å²) in [6.07, 6.45) is 2.66. The second kappa shape index (κ2) is 22.9. The summed E-state index contributed by atoms with van der Waals surface area (Å²) in [6, 6.07) is 8.00. The molecule has 2 aromatic rings. The molecule has 0 amide bonds. The maximum atomic E-state index is 13.2. The Bertz CT molecular complexity index is 1830. The van der Waals surface area contributed by atoms with Gasteiger partial charge in [-0.05, 0) is 72.0 Å². The molecule has 51 heavy (non-hydrogen) atoms. The molecule has 1 aliphatic carbocycles. The number of phenolic OH excluding ortho intramolecular Hbond substituents is 1. The van der Waals surface area contributed by atoms with E-state index in [2.05, 4.69) is 0 Å². The fraction of sp³-hybridized carbons (Fsp3) is 0.258. The summed E-state index contributed by atoms with van der Waals surface area (Å²) < 4.78 is 35.1. The molecule has 0 spiro atoms. The number of phenols is 1. The number of hydrogen-bond donors (Lipinski definition) is 2. The van der Waals surface area contributed by atoms with Crippen LogP contribution in [0.15, 0.2) is 70.2 Å². The first-order valence-electron chi connectivity index (χ1n) is 13.7. The molecule has 1 aliphatic rings. The number of nitrogens with zero attached hydrogens (tertiary/aromatic N) is 2. The van der Waals surface area contributed by atoms with E-state index in [-0.39, 0.29) is 169 Å². The number of carbonyl (C=O) groups is 5. The van der Waals surface area contributed by atoms with Gasteiger partial charge in [-0.2, -0.15) is 8.42 Å². The molecule has 0 heterocycles. The molecule has 0 aliphatic heterocycles. The Balaban J connectivity index is 0. The number of carboxylic acids is 4. The minimum absolute atomic E-state index is 0. The van der Waals surface area contributed by atoms with E-state index in [1.807, 2.05) is 0 Å². The van der Waals surface area contributed by atoms with Crippen molar-refractivity contribution >= 4 is 45.4 Å². The Morgan fingerprint density at radius 3 is 1.69 bits per heavy atom. The van der Waals surface area contributed by atoms with Crippen LogP contribution in [0.4, 0.5) is 0 Å². The molecule has 2 aromatic carbocycles. The molecule has 0 fully saturated rings. The Hall–Kier alpha value is -1.16. The van der Waals surface area contributed by atoms with Crippen molar-refractivity contribution in [3.8, 4) is 5.75 Å². The van der Waals surface area contributed by atoms with Crippen molar-refractivity contribution in [1.29, 1.82) is 0 Å². The average Bonchev–Trinajstić information content (AvgIpc) is 2.92. The van der Waals surface area contributed by atoms with E-state index >= 15 is 0 Å². The molecular formula is C31H28N2Na4O13S. The molecule has 2 N–H and O–H groups in total. The predicted octanol–water partition coefficient (Wildman–Crippen LogP) is -15.7. The fourth-order valence-electron chi connectivity index (χ4n) is 5.15. The van der Waals surface area contributed by atoms with Gasteiger partial charge in [0.15, 0.2) is 5.78 Å². The molecular weight excluding hydrogens is 732 g/mol. The summed E-state index contributed by atoms with van der Waals surface area (Å²) in [5, 5.41) is 56.0. The van der Waals surface area contributed by atoms with Crippen molar-refractivity contribution < 1.29 is 181 Å². The van der Waals surface area contributed by atoms with Crippen LogP contribution in [0.5, 0.6) is 5.75 Å². The van der Waals surface area contributed by atoms with E-state index < -0.39 is 83.9 Å². The fourth-order valence-corrected chi connectivity index (χ4v) is 5.85. The van der Waals surface area contributed by atoms with Gasteiger partial charge in [-0.15, -0.1) is 0 Å². The summed E-state index contributed by atoms with van der Waals surface area (Å²) in [6.45, 7) is -1.49. The average molecular weight is 761 g/mol. The predicted molar refractivity (Wildman–Crippen MR) is 154 cm³/mol.